The molecule has 0 atom stereocenters. The van der Waals surface area contributed by atoms with Gasteiger partial charge in [-0.3, -0.25) is 9.59 Å². The number of nitrogens with zero attached hydrogens (tertiary/aromatic N) is 2. The number of benzene rings is 2. The van der Waals surface area contributed by atoms with Gasteiger partial charge in [0.1, 0.15) is 11.6 Å². The van der Waals surface area contributed by atoms with Crippen LogP contribution in [0, 0.1) is 13.8 Å². The number of nitrogen functional groups attached to an aromatic ring is 2. The van der Waals surface area contributed by atoms with Crippen LogP contribution in [-0.2, 0) is 26.7 Å². The van der Waals surface area contributed by atoms with Crippen molar-refractivity contribution in [2.75, 3.05) is 11.5 Å². The smallest absolute Gasteiger partial charge is 0.872 e. The number of anilines is 2. The summed E-state index contributed by atoms with van der Waals surface area (Å²) in [6, 6.07) is 25.0. The summed E-state index contributed by atoms with van der Waals surface area (Å²) in [6.07, 6.45) is 5.55. The second-order valence-corrected chi connectivity index (χ2v) is 8.38. The molecule has 4 aromatic rings. The molecule has 0 bridgehead atoms. The summed E-state index contributed by atoms with van der Waals surface area (Å²) in [5.41, 5.74) is 14.0. The second kappa shape index (κ2) is 20.2. The molecular weight excluding hydrogens is 559 g/mol. The number of carbonyl (C=O) groups excluding carboxylic acids is 2. The van der Waals surface area contributed by atoms with Crippen LogP contribution in [0.25, 0.3) is 11.5 Å². The standard InChI is InChI=1S/2C10H10O2.2C6H8N2.Mn/c2*1-8(11)7-10(12)9-5-3-2-4-6-9;2*1-5-3-2-4-8-6(5)7;/h2*2-7,12H,1H3;2*2-4H,1H3,(H2,7,8);/q;;;;+2/p-2/b2*10-7-;;;. The molecule has 0 amide bonds. The number of aryl methyl sites for hydroxylation is 2. The van der Waals surface area contributed by atoms with Crippen LogP contribution < -0.4 is 21.7 Å². The number of pyridine rings is 2. The van der Waals surface area contributed by atoms with E-state index in [-0.39, 0.29) is 40.2 Å². The molecule has 8 nitrogen and oxygen atoms in total. The molecule has 2 aromatic carbocycles. The largest absolute Gasteiger partial charge is 2.00 e. The van der Waals surface area contributed by atoms with Crippen LogP contribution in [-0.4, -0.2) is 21.5 Å². The number of nitrogens with two attached hydrogens (primary N) is 2. The van der Waals surface area contributed by atoms with Gasteiger partial charge >= 0.3 is 17.1 Å². The second-order valence-electron chi connectivity index (χ2n) is 8.38. The van der Waals surface area contributed by atoms with Crippen molar-refractivity contribution in [2.45, 2.75) is 27.7 Å². The minimum Gasteiger partial charge on any atom is -0.872 e. The normalized spacial score (nSPS) is 10.1. The number of carbonyl (C=O) groups is 2. The van der Waals surface area contributed by atoms with Gasteiger partial charge in [-0.15, -0.1) is 0 Å². The van der Waals surface area contributed by atoms with E-state index in [1.807, 2.05) is 50.2 Å². The number of rotatable bonds is 4. The Balaban J connectivity index is 0.000000525. The Morgan fingerprint density at radius 1 is 0.610 bits per heavy atom. The van der Waals surface area contributed by atoms with Gasteiger partial charge in [0.15, 0.2) is 11.6 Å². The molecule has 41 heavy (non-hydrogen) atoms. The Bertz CT molecular complexity index is 1260. The summed E-state index contributed by atoms with van der Waals surface area (Å²) >= 11 is 0. The first-order valence-corrected chi connectivity index (χ1v) is 12.2. The van der Waals surface area contributed by atoms with Gasteiger partial charge in [0.2, 0.25) is 0 Å². The zero-order chi connectivity index (χ0) is 29.9. The summed E-state index contributed by atoms with van der Waals surface area (Å²) < 4.78 is 0. The zero-order valence-corrected chi connectivity index (χ0v) is 24.6. The van der Waals surface area contributed by atoms with E-state index in [9.17, 15) is 19.8 Å². The minimum atomic E-state index is -0.233. The maximum Gasteiger partial charge on any atom is 2.00 e. The summed E-state index contributed by atoms with van der Waals surface area (Å²) in [6.45, 7) is 6.59. The molecule has 4 rings (SSSR count). The van der Waals surface area contributed by atoms with Crippen LogP contribution in [0.2, 0.25) is 0 Å². The summed E-state index contributed by atoms with van der Waals surface area (Å²) in [5, 5.41) is 22.4. The molecule has 0 saturated heterocycles. The molecule has 0 aliphatic rings. The van der Waals surface area contributed by atoms with Crippen molar-refractivity contribution >= 4 is 34.7 Å². The Hall–Kier alpha value is -4.72. The van der Waals surface area contributed by atoms with E-state index >= 15 is 0 Å². The summed E-state index contributed by atoms with van der Waals surface area (Å²) in [4.78, 5) is 28.8. The fourth-order valence-electron chi connectivity index (χ4n) is 2.74. The molecule has 2 aromatic heterocycles. The number of hydrogen-bond donors (Lipinski definition) is 2. The zero-order valence-electron chi connectivity index (χ0n) is 23.5. The van der Waals surface area contributed by atoms with E-state index in [0.29, 0.717) is 22.8 Å². The fourth-order valence-corrected chi connectivity index (χ4v) is 2.74. The molecule has 0 spiro atoms. The van der Waals surface area contributed by atoms with Crippen molar-refractivity contribution in [1.29, 1.82) is 0 Å². The average molecular weight is 594 g/mol. The van der Waals surface area contributed by atoms with E-state index in [1.165, 1.54) is 13.8 Å². The number of ketones is 2. The van der Waals surface area contributed by atoms with Gasteiger partial charge in [0.25, 0.3) is 0 Å². The van der Waals surface area contributed by atoms with E-state index in [2.05, 4.69) is 9.97 Å². The van der Waals surface area contributed by atoms with Crippen molar-refractivity contribution in [2.24, 2.45) is 0 Å². The predicted molar refractivity (Wildman–Crippen MR) is 157 cm³/mol. The van der Waals surface area contributed by atoms with E-state index < -0.39 is 0 Å². The Kier molecular flexibility index (Phi) is 17.9. The molecule has 9 heteroatoms. The van der Waals surface area contributed by atoms with Crippen molar-refractivity contribution in [3.05, 3.63) is 132 Å². The monoisotopic (exact) mass is 593 g/mol. The number of aromatic nitrogens is 2. The molecule has 2 heterocycles. The van der Waals surface area contributed by atoms with Gasteiger partial charge in [-0.25, -0.2) is 9.97 Å². The Labute approximate surface area is 252 Å². The molecule has 0 unspecified atom stereocenters. The Morgan fingerprint density at radius 2 is 0.927 bits per heavy atom. The van der Waals surface area contributed by atoms with Gasteiger partial charge in [-0.05, 0) is 74.2 Å². The molecule has 213 valence electrons. The quantitative estimate of drug-likeness (QED) is 0.205. The maximum atomic E-state index is 11.2. The van der Waals surface area contributed by atoms with Crippen molar-refractivity contribution in [3.8, 4) is 0 Å². The van der Waals surface area contributed by atoms with Crippen LogP contribution in [0.3, 0.4) is 0 Å². The van der Waals surface area contributed by atoms with Crippen LogP contribution >= 0.6 is 0 Å². The molecule has 0 aliphatic heterocycles. The molecule has 0 saturated carbocycles. The first kappa shape index (κ1) is 36.3. The molecule has 0 fully saturated rings. The van der Waals surface area contributed by atoms with E-state index in [1.54, 1.807) is 60.9 Å². The van der Waals surface area contributed by atoms with E-state index in [4.69, 9.17) is 11.5 Å². The molecule has 0 aliphatic carbocycles. The summed E-state index contributed by atoms with van der Waals surface area (Å²) in [7, 11) is 0. The molecule has 4 N–H and O–H groups in total. The van der Waals surface area contributed by atoms with Crippen molar-refractivity contribution in [3.63, 3.8) is 0 Å². The first-order chi connectivity index (χ1) is 19.0. The average Bonchev–Trinajstić information content (AvgIpc) is 2.93. The third-order valence-corrected chi connectivity index (χ3v) is 4.89. The Morgan fingerprint density at radius 3 is 1.15 bits per heavy atom. The van der Waals surface area contributed by atoms with E-state index in [0.717, 1.165) is 23.3 Å². The van der Waals surface area contributed by atoms with Crippen LogP contribution in [0.5, 0.6) is 0 Å². The van der Waals surface area contributed by atoms with Gasteiger partial charge < -0.3 is 21.7 Å². The third kappa shape index (κ3) is 16.1. The van der Waals surface area contributed by atoms with Gasteiger partial charge in [0, 0.05) is 12.4 Å². The predicted octanol–water partition coefficient (Wildman–Crippen LogP) is 3.90. The molecule has 1 radical (unpaired) electrons. The number of hydrogen-bond acceptors (Lipinski definition) is 8. The van der Waals surface area contributed by atoms with Crippen LogP contribution in [0.15, 0.2) is 109 Å². The molecular formula is C32H34MnN4O4. The van der Waals surface area contributed by atoms with Gasteiger partial charge in [-0.2, -0.15) is 0 Å². The van der Waals surface area contributed by atoms with Crippen LogP contribution in [0.4, 0.5) is 11.6 Å². The maximum absolute atomic E-state index is 11.2. The number of allylic oxidation sites excluding steroid dienone is 2. The summed E-state index contributed by atoms with van der Waals surface area (Å²) in [5.74, 6) is 0.332. The SMILES string of the molecule is CC(=O)/C=C(\[O-])c1ccccc1.CC(=O)/C=C(\[O-])c1ccccc1.Cc1cccnc1N.Cc1cccnc1N.[Mn+2]. The fraction of sp³-hybridized carbons (Fsp3) is 0.125. The van der Waals surface area contributed by atoms with Crippen molar-refractivity contribution < 1.29 is 36.9 Å². The first-order valence-electron chi connectivity index (χ1n) is 12.2. The van der Waals surface area contributed by atoms with Gasteiger partial charge in [0.05, 0.1) is 0 Å². The van der Waals surface area contributed by atoms with Crippen LogP contribution in [0.1, 0.15) is 36.1 Å². The minimum absolute atomic E-state index is 0. The third-order valence-electron chi connectivity index (χ3n) is 4.89. The topological polar surface area (TPSA) is 158 Å². The van der Waals surface area contributed by atoms with Gasteiger partial charge in [-0.1, -0.05) is 84.3 Å². The van der Waals surface area contributed by atoms with Crippen molar-refractivity contribution in [1.82, 2.24) is 9.97 Å².